The summed E-state index contributed by atoms with van der Waals surface area (Å²) in [7, 11) is 0. The fourth-order valence-electron chi connectivity index (χ4n) is 1.64. The molecule has 0 aromatic carbocycles. The lowest BCUT2D eigenvalue weighted by Gasteiger charge is -2.14. The Morgan fingerprint density at radius 1 is 1.20 bits per heavy atom. The molecule has 0 bridgehead atoms. The Kier molecular flexibility index (Phi) is 3.56. The van der Waals surface area contributed by atoms with Crippen molar-refractivity contribution >= 4 is 0 Å². The van der Waals surface area contributed by atoms with E-state index < -0.39 is 0 Å². The van der Waals surface area contributed by atoms with Crippen LogP contribution in [0.15, 0.2) is 12.2 Å². The second-order valence-corrected chi connectivity index (χ2v) is 3.25. The minimum absolute atomic E-state index is 1.02. The van der Waals surface area contributed by atoms with Crippen LogP contribution in [-0.4, -0.2) is 0 Å². The molecule has 0 spiro atoms. The summed E-state index contributed by atoms with van der Waals surface area (Å²) in [6.07, 6.45) is 13.0. The van der Waals surface area contributed by atoms with Crippen molar-refractivity contribution in [3.05, 3.63) is 12.2 Å². The fourth-order valence-corrected chi connectivity index (χ4v) is 1.64. The first-order valence-electron chi connectivity index (χ1n) is 4.58. The van der Waals surface area contributed by atoms with Crippen molar-refractivity contribution in [2.45, 2.75) is 45.4 Å². The number of allylic oxidation sites excluding steroid dienone is 2. The SMILES string of the molecule is CCC1CC/C=C\CCC1. The normalized spacial score (nSPS) is 30.7. The molecule has 1 rings (SSSR count). The van der Waals surface area contributed by atoms with Crippen molar-refractivity contribution in [2.24, 2.45) is 5.92 Å². The van der Waals surface area contributed by atoms with Crippen molar-refractivity contribution in [2.75, 3.05) is 0 Å². The maximum atomic E-state index is 2.35. The van der Waals surface area contributed by atoms with Gasteiger partial charge >= 0.3 is 0 Å². The number of rotatable bonds is 1. The zero-order chi connectivity index (χ0) is 7.23. The molecule has 1 aliphatic carbocycles. The van der Waals surface area contributed by atoms with Crippen LogP contribution < -0.4 is 0 Å². The van der Waals surface area contributed by atoms with Crippen LogP contribution in [0.4, 0.5) is 0 Å². The van der Waals surface area contributed by atoms with Crippen LogP contribution >= 0.6 is 0 Å². The van der Waals surface area contributed by atoms with Crippen LogP contribution in [0.3, 0.4) is 0 Å². The van der Waals surface area contributed by atoms with Gasteiger partial charge in [-0.3, -0.25) is 0 Å². The van der Waals surface area contributed by atoms with Crippen LogP contribution in [0.1, 0.15) is 45.4 Å². The number of hydrogen-bond donors (Lipinski definition) is 0. The summed E-state index contributed by atoms with van der Waals surface area (Å²) in [5.41, 5.74) is 0. The van der Waals surface area contributed by atoms with Gasteiger partial charge in [0, 0.05) is 0 Å². The lowest BCUT2D eigenvalue weighted by molar-refractivity contribution is 0.423. The minimum Gasteiger partial charge on any atom is -0.0885 e. The molecule has 1 atom stereocenters. The Bertz CT molecular complexity index is 103. The summed E-state index contributed by atoms with van der Waals surface area (Å²) in [6.45, 7) is 2.32. The first-order valence-corrected chi connectivity index (χ1v) is 4.58. The summed E-state index contributed by atoms with van der Waals surface area (Å²) in [5.74, 6) is 1.02. The van der Waals surface area contributed by atoms with Gasteiger partial charge in [0.1, 0.15) is 0 Å². The zero-order valence-electron chi connectivity index (χ0n) is 6.97. The van der Waals surface area contributed by atoms with Gasteiger partial charge in [0.25, 0.3) is 0 Å². The van der Waals surface area contributed by atoms with Crippen molar-refractivity contribution in [1.29, 1.82) is 0 Å². The fraction of sp³-hybridized carbons (Fsp3) is 0.800. The molecule has 0 aromatic rings. The summed E-state index contributed by atoms with van der Waals surface area (Å²) in [6, 6.07) is 0. The average Bonchev–Trinajstić information content (AvgIpc) is 1.87. The molecule has 10 heavy (non-hydrogen) atoms. The molecule has 0 aliphatic heterocycles. The van der Waals surface area contributed by atoms with Crippen LogP contribution in [0, 0.1) is 5.92 Å². The third kappa shape index (κ3) is 2.55. The largest absolute Gasteiger partial charge is 0.0885 e. The van der Waals surface area contributed by atoms with Crippen molar-refractivity contribution in [3.63, 3.8) is 0 Å². The van der Waals surface area contributed by atoms with Crippen molar-refractivity contribution < 1.29 is 0 Å². The van der Waals surface area contributed by atoms with Crippen LogP contribution in [0.25, 0.3) is 0 Å². The summed E-state index contributed by atoms with van der Waals surface area (Å²) in [4.78, 5) is 0. The predicted octanol–water partition coefficient (Wildman–Crippen LogP) is 3.53. The highest BCUT2D eigenvalue weighted by atomic mass is 14.1. The molecule has 0 aromatic heterocycles. The first kappa shape index (κ1) is 7.84. The molecule has 0 fully saturated rings. The predicted molar refractivity (Wildman–Crippen MR) is 46.0 cm³/mol. The van der Waals surface area contributed by atoms with E-state index in [1.807, 2.05) is 0 Å². The van der Waals surface area contributed by atoms with Gasteiger partial charge in [-0.15, -0.1) is 0 Å². The van der Waals surface area contributed by atoms with Gasteiger partial charge in [-0.2, -0.15) is 0 Å². The van der Waals surface area contributed by atoms with E-state index in [2.05, 4.69) is 19.1 Å². The second-order valence-electron chi connectivity index (χ2n) is 3.25. The molecule has 0 saturated heterocycles. The van der Waals surface area contributed by atoms with Gasteiger partial charge in [0.2, 0.25) is 0 Å². The molecule has 0 amide bonds. The highest BCUT2D eigenvalue weighted by molar-refractivity contribution is 4.84. The lowest BCUT2D eigenvalue weighted by Crippen LogP contribution is -1.99. The lowest BCUT2D eigenvalue weighted by atomic mass is 9.92. The Morgan fingerprint density at radius 2 is 2.00 bits per heavy atom. The average molecular weight is 138 g/mol. The molecule has 58 valence electrons. The third-order valence-corrected chi connectivity index (χ3v) is 2.47. The van der Waals surface area contributed by atoms with Crippen LogP contribution in [0.5, 0.6) is 0 Å². The molecule has 0 saturated carbocycles. The summed E-state index contributed by atoms with van der Waals surface area (Å²) in [5, 5.41) is 0. The summed E-state index contributed by atoms with van der Waals surface area (Å²) < 4.78 is 0. The van der Waals surface area contributed by atoms with E-state index in [1.54, 1.807) is 0 Å². The topological polar surface area (TPSA) is 0 Å². The number of hydrogen-bond acceptors (Lipinski definition) is 0. The van der Waals surface area contributed by atoms with E-state index in [-0.39, 0.29) is 0 Å². The van der Waals surface area contributed by atoms with Gasteiger partial charge in [0.05, 0.1) is 0 Å². The maximum Gasteiger partial charge on any atom is -0.0348 e. The zero-order valence-corrected chi connectivity index (χ0v) is 6.97. The first-order chi connectivity index (χ1) is 4.93. The molecule has 0 heterocycles. The Balaban J connectivity index is 2.27. The van der Waals surface area contributed by atoms with E-state index in [0.29, 0.717) is 0 Å². The van der Waals surface area contributed by atoms with Gasteiger partial charge in [-0.05, 0) is 31.6 Å². The van der Waals surface area contributed by atoms with E-state index in [0.717, 1.165) is 5.92 Å². The molecular weight excluding hydrogens is 120 g/mol. The summed E-state index contributed by atoms with van der Waals surface area (Å²) >= 11 is 0. The molecule has 1 aliphatic rings. The Hall–Kier alpha value is -0.260. The van der Waals surface area contributed by atoms with Gasteiger partial charge < -0.3 is 0 Å². The standard InChI is InChI=1S/C10H18/c1-2-10-8-6-4-3-5-7-9-10/h3-4,10H,2,5-9H2,1H3/b4-3-. The van der Waals surface area contributed by atoms with Gasteiger partial charge in [0.15, 0.2) is 0 Å². The Labute approximate surface area is 64.3 Å². The highest BCUT2D eigenvalue weighted by Gasteiger charge is 2.05. The van der Waals surface area contributed by atoms with Crippen LogP contribution in [-0.2, 0) is 0 Å². The monoisotopic (exact) mass is 138 g/mol. The second kappa shape index (κ2) is 4.54. The molecular formula is C10H18. The van der Waals surface area contributed by atoms with E-state index in [9.17, 15) is 0 Å². The van der Waals surface area contributed by atoms with Crippen molar-refractivity contribution in [1.82, 2.24) is 0 Å². The van der Waals surface area contributed by atoms with E-state index in [1.165, 1.54) is 38.5 Å². The quantitative estimate of drug-likeness (QED) is 0.486. The smallest absolute Gasteiger partial charge is 0.0348 e. The van der Waals surface area contributed by atoms with E-state index in [4.69, 9.17) is 0 Å². The highest BCUT2D eigenvalue weighted by Crippen LogP contribution is 2.20. The third-order valence-electron chi connectivity index (χ3n) is 2.47. The molecule has 0 nitrogen and oxygen atoms in total. The maximum absolute atomic E-state index is 2.35. The van der Waals surface area contributed by atoms with Gasteiger partial charge in [-0.1, -0.05) is 31.9 Å². The van der Waals surface area contributed by atoms with Gasteiger partial charge in [-0.25, -0.2) is 0 Å². The molecule has 0 radical (unpaired) electrons. The molecule has 1 unspecified atom stereocenters. The Morgan fingerprint density at radius 3 is 2.80 bits per heavy atom. The molecule has 0 heteroatoms. The van der Waals surface area contributed by atoms with Crippen molar-refractivity contribution in [3.8, 4) is 0 Å². The van der Waals surface area contributed by atoms with E-state index >= 15 is 0 Å². The minimum atomic E-state index is 1.02. The van der Waals surface area contributed by atoms with Crippen LogP contribution in [0.2, 0.25) is 0 Å². The molecule has 0 N–H and O–H groups in total.